The molecule has 0 radical (unpaired) electrons. The van der Waals surface area contributed by atoms with Crippen LogP contribution in [0.15, 0.2) is 36.4 Å². The van der Waals surface area contributed by atoms with Gasteiger partial charge in [-0.3, -0.25) is 0 Å². The maximum atomic E-state index is 10.1. The highest BCUT2D eigenvalue weighted by Crippen LogP contribution is 2.32. The summed E-state index contributed by atoms with van der Waals surface area (Å²) in [6.07, 6.45) is 2.62. The van der Waals surface area contributed by atoms with Crippen LogP contribution in [0.25, 0.3) is 0 Å². The van der Waals surface area contributed by atoms with Gasteiger partial charge in [-0.1, -0.05) is 23.8 Å². The third kappa shape index (κ3) is 2.89. The molecule has 1 aromatic rings. The van der Waals surface area contributed by atoms with Gasteiger partial charge >= 0.3 is 0 Å². The predicted octanol–water partition coefficient (Wildman–Crippen LogP) is 3.29. The van der Waals surface area contributed by atoms with E-state index in [1.54, 1.807) is 0 Å². The molecule has 1 atom stereocenters. The standard InChI is InChI=1S/C15H21NO/c1-12(2)9-11-16-10-5-8-15(17)13-6-3-4-7-14(13)16/h3-4,6-7,15,17H,1,5,8-11H2,2H3. The molecule has 0 aliphatic carbocycles. The molecule has 17 heavy (non-hydrogen) atoms. The Balaban J connectivity index is 2.22. The van der Waals surface area contributed by atoms with Crippen molar-refractivity contribution in [3.05, 3.63) is 42.0 Å². The number of anilines is 1. The Morgan fingerprint density at radius 2 is 2.24 bits per heavy atom. The van der Waals surface area contributed by atoms with Gasteiger partial charge in [0.25, 0.3) is 0 Å². The molecule has 0 bridgehead atoms. The zero-order valence-corrected chi connectivity index (χ0v) is 10.5. The lowest BCUT2D eigenvalue weighted by molar-refractivity contribution is 0.168. The first-order valence-corrected chi connectivity index (χ1v) is 6.35. The summed E-state index contributed by atoms with van der Waals surface area (Å²) in [6, 6.07) is 8.20. The molecule has 0 aromatic heterocycles. The monoisotopic (exact) mass is 231 g/mol. The van der Waals surface area contributed by atoms with Crippen LogP contribution in [0.1, 0.15) is 37.9 Å². The lowest BCUT2D eigenvalue weighted by Crippen LogP contribution is -2.25. The number of para-hydroxylation sites is 1. The molecule has 0 spiro atoms. The van der Waals surface area contributed by atoms with Crippen LogP contribution in [-0.4, -0.2) is 18.2 Å². The Morgan fingerprint density at radius 3 is 3.00 bits per heavy atom. The van der Waals surface area contributed by atoms with Crippen LogP contribution in [0.3, 0.4) is 0 Å². The number of fused-ring (bicyclic) bond motifs is 1. The average molecular weight is 231 g/mol. The zero-order chi connectivity index (χ0) is 12.3. The van der Waals surface area contributed by atoms with E-state index < -0.39 is 0 Å². The summed E-state index contributed by atoms with van der Waals surface area (Å²) < 4.78 is 0. The number of benzene rings is 1. The van der Waals surface area contributed by atoms with Crippen LogP contribution < -0.4 is 4.90 Å². The third-order valence-electron chi connectivity index (χ3n) is 3.35. The molecule has 1 aliphatic heterocycles. The minimum absolute atomic E-state index is 0.305. The van der Waals surface area contributed by atoms with Gasteiger partial charge in [-0.2, -0.15) is 0 Å². The third-order valence-corrected chi connectivity index (χ3v) is 3.35. The van der Waals surface area contributed by atoms with Gasteiger partial charge < -0.3 is 10.0 Å². The quantitative estimate of drug-likeness (QED) is 0.807. The molecule has 0 fully saturated rings. The van der Waals surface area contributed by atoms with Crippen molar-refractivity contribution in [1.29, 1.82) is 0 Å². The lowest BCUT2D eigenvalue weighted by atomic mass is 10.0. The Hall–Kier alpha value is -1.28. The van der Waals surface area contributed by atoms with Crippen molar-refractivity contribution < 1.29 is 5.11 Å². The highest BCUT2D eigenvalue weighted by molar-refractivity contribution is 5.55. The van der Waals surface area contributed by atoms with Crippen molar-refractivity contribution in [2.24, 2.45) is 0 Å². The van der Waals surface area contributed by atoms with E-state index >= 15 is 0 Å². The Morgan fingerprint density at radius 1 is 1.47 bits per heavy atom. The predicted molar refractivity (Wildman–Crippen MR) is 72.3 cm³/mol. The highest BCUT2D eigenvalue weighted by atomic mass is 16.3. The minimum atomic E-state index is -0.305. The van der Waals surface area contributed by atoms with Crippen molar-refractivity contribution in [3.8, 4) is 0 Å². The SMILES string of the molecule is C=C(C)CCN1CCCC(O)c2ccccc21. The molecular weight excluding hydrogens is 210 g/mol. The van der Waals surface area contributed by atoms with Gasteiger partial charge in [-0.05, 0) is 32.3 Å². The number of nitrogens with zero attached hydrogens (tertiary/aromatic N) is 1. The summed E-state index contributed by atoms with van der Waals surface area (Å²) in [5.74, 6) is 0. The number of aliphatic hydroxyl groups is 1. The van der Waals surface area contributed by atoms with Crippen molar-refractivity contribution in [2.45, 2.75) is 32.3 Å². The number of hydrogen-bond acceptors (Lipinski definition) is 2. The Bertz CT molecular complexity index is 400. The van der Waals surface area contributed by atoms with Crippen LogP contribution in [0, 0.1) is 0 Å². The van der Waals surface area contributed by atoms with Crippen LogP contribution in [-0.2, 0) is 0 Å². The summed E-state index contributed by atoms with van der Waals surface area (Å²) in [4.78, 5) is 2.38. The van der Waals surface area contributed by atoms with Crippen LogP contribution in [0.2, 0.25) is 0 Å². The molecule has 2 nitrogen and oxygen atoms in total. The van der Waals surface area contributed by atoms with Crippen molar-refractivity contribution >= 4 is 5.69 Å². The van der Waals surface area contributed by atoms with E-state index in [0.29, 0.717) is 0 Å². The maximum absolute atomic E-state index is 10.1. The Labute approximate surface area is 104 Å². The van der Waals surface area contributed by atoms with E-state index in [2.05, 4.69) is 24.5 Å². The molecule has 0 saturated heterocycles. The van der Waals surface area contributed by atoms with E-state index in [0.717, 1.165) is 37.9 Å². The highest BCUT2D eigenvalue weighted by Gasteiger charge is 2.20. The summed E-state index contributed by atoms with van der Waals surface area (Å²) in [6.45, 7) is 8.05. The van der Waals surface area contributed by atoms with E-state index in [1.165, 1.54) is 11.3 Å². The second-order valence-corrected chi connectivity index (χ2v) is 4.91. The first-order valence-electron chi connectivity index (χ1n) is 6.35. The number of rotatable bonds is 3. The van der Waals surface area contributed by atoms with E-state index in [1.807, 2.05) is 18.2 Å². The zero-order valence-electron chi connectivity index (χ0n) is 10.5. The molecule has 1 unspecified atom stereocenters. The normalized spacial score (nSPS) is 19.6. The fourth-order valence-corrected chi connectivity index (χ4v) is 2.37. The second-order valence-electron chi connectivity index (χ2n) is 4.91. The maximum Gasteiger partial charge on any atom is 0.0810 e. The van der Waals surface area contributed by atoms with Crippen molar-refractivity contribution in [3.63, 3.8) is 0 Å². The first-order chi connectivity index (χ1) is 8.18. The van der Waals surface area contributed by atoms with Crippen LogP contribution >= 0.6 is 0 Å². The molecular formula is C15H21NO. The minimum Gasteiger partial charge on any atom is -0.388 e. The van der Waals surface area contributed by atoms with Gasteiger partial charge in [-0.15, -0.1) is 6.58 Å². The molecule has 1 N–H and O–H groups in total. The summed E-state index contributed by atoms with van der Waals surface area (Å²) in [5, 5.41) is 10.1. The fraction of sp³-hybridized carbons (Fsp3) is 0.467. The molecule has 2 rings (SSSR count). The van der Waals surface area contributed by atoms with Crippen molar-refractivity contribution in [2.75, 3.05) is 18.0 Å². The van der Waals surface area contributed by atoms with Gasteiger partial charge in [0.2, 0.25) is 0 Å². The van der Waals surface area contributed by atoms with Gasteiger partial charge in [0.1, 0.15) is 0 Å². The van der Waals surface area contributed by atoms with E-state index in [9.17, 15) is 5.11 Å². The molecule has 0 amide bonds. The topological polar surface area (TPSA) is 23.5 Å². The van der Waals surface area contributed by atoms with E-state index in [4.69, 9.17) is 0 Å². The average Bonchev–Trinajstić information content (AvgIpc) is 2.47. The largest absolute Gasteiger partial charge is 0.388 e. The first kappa shape index (κ1) is 12.2. The van der Waals surface area contributed by atoms with E-state index in [-0.39, 0.29) is 6.10 Å². The van der Waals surface area contributed by atoms with Crippen molar-refractivity contribution in [1.82, 2.24) is 0 Å². The van der Waals surface area contributed by atoms with Gasteiger partial charge in [0.15, 0.2) is 0 Å². The smallest absolute Gasteiger partial charge is 0.0810 e. The summed E-state index contributed by atoms with van der Waals surface area (Å²) in [7, 11) is 0. The molecule has 1 aliphatic rings. The van der Waals surface area contributed by atoms with Crippen LogP contribution in [0.5, 0.6) is 0 Å². The summed E-state index contributed by atoms with van der Waals surface area (Å²) >= 11 is 0. The molecule has 2 heteroatoms. The fourth-order valence-electron chi connectivity index (χ4n) is 2.37. The second kappa shape index (κ2) is 5.37. The van der Waals surface area contributed by atoms with Gasteiger partial charge in [0, 0.05) is 24.3 Å². The molecule has 0 saturated carbocycles. The van der Waals surface area contributed by atoms with Gasteiger partial charge in [-0.25, -0.2) is 0 Å². The Kier molecular flexibility index (Phi) is 3.85. The molecule has 92 valence electrons. The van der Waals surface area contributed by atoms with Gasteiger partial charge in [0.05, 0.1) is 6.10 Å². The lowest BCUT2D eigenvalue weighted by Gasteiger charge is -2.25. The molecule has 1 heterocycles. The number of aliphatic hydroxyl groups excluding tert-OH is 1. The molecule has 1 aromatic carbocycles. The summed E-state index contributed by atoms with van der Waals surface area (Å²) in [5.41, 5.74) is 3.48. The van der Waals surface area contributed by atoms with Crippen LogP contribution in [0.4, 0.5) is 5.69 Å². The number of hydrogen-bond donors (Lipinski definition) is 1.